The number of rotatable bonds is 14. The van der Waals surface area contributed by atoms with Crippen molar-refractivity contribution in [2.45, 2.75) is 45.1 Å². The Morgan fingerprint density at radius 2 is 2.09 bits per heavy atom. The second-order valence-electron chi connectivity index (χ2n) is 9.58. The van der Waals surface area contributed by atoms with E-state index in [1.54, 1.807) is 0 Å². The third-order valence-electron chi connectivity index (χ3n) is 6.54. The fraction of sp³-hybridized carbons (Fsp3) is 0.519. The first kappa shape index (κ1) is 25.6. The van der Waals surface area contributed by atoms with Crippen LogP contribution in [0.4, 0.5) is 5.69 Å². The predicted molar refractivity (Wildman–Crippen MR) is 139 cm³/mol. The van der Waals surface area contributed by atoms with Crippen molar-refractivity contribution in [2.24, 2.45) is 11.7 Å². The third kappa shape index (κ3) is 7.03. The van der Waals surface area contributed by atoms with Gasteiger partial charge in [0.1, 0.15) is 6.61 Å². The summed E-state index contributed by atoms with van der Waals surface area (Å²) in [7, 11) is 0. The topological polar surface area (TPSA) is 97.1 Å². The Morgan fingerprint density at radius 3 is 2.83 bits per heavy atom. The second kappa shape index (κ2) is 12.0. The van der Waals surface area contributed by atoms with Crippen LogP contribution >= 0.6 is 11.6 Å². The lowest BCUT2D eigenvalue weighted by Gasteiger charge is -2.22. The van der Waals surface area contributed by atoms with E-state index in [-0.39, 0.29) is 12.6 Å². The molecule has 7 nitrogen and oxygen atoms in total. The molecule has 35 heavy (non-hydrogen) atoms. The number of benzene rings is 2. The molecule has 1 saturated carbocycles. The molecule has 1 heterocycles. The normalized spacial score (nSPS) is 15.7. The molecule has 1 atom stereocenters. The van der Waals surface area contributed by atoms with Gasteiger partial charge in [0.15, 0.2) is 11.5 Å². The smallest absolute Gasteiger partial charge is 0.250 e. The number of nitrogens with zero attached hydrogens (tertiary/aromatic N) is 1. The summed E-state index contributed by atoms with van der Waals surface area (Å²) in [5, 5.41) is 13.3. The minimum atomic E-state index is -0.407. The summed E-state index contributed by atoms with van der Waals surface area (Å²) in [5.41, 5.74) is 9.49. The number of hydrogen-bond donors (Lipinski definition) is 3. The van der Waals surface area contributed by atoms with Gasteiger partial charge in [0.05, 0.1) is 17.9 Å². The van der Waals surface area contributed by atoms with Crippen LogP contribution in [0.3, 0.4) is 0 Å². The number of aliphatic hydroxyl groups is 1. The fourth-order valence-corrected chi connectivity index (χ4v) is 4.74. The van der Waals surface area contributed by atoms with E-state index in [1.807, 2.05) is 24.3 Å². The SMILES string of the molecule is C[C@H](Cc1cc2c(c(C(N)=O)c1)N(CCCO)CC2)NCCOc1ccc(Cl)cc1OCC1CC1. The molecule has 1 aliphatic heterocycles. The molecular formula is C27H36ClN3O4. The standard InChI is InChI=1S/C27H36ClN3O4/c1-18(30-8-12-34-24-6-5-22(28)16-25(24)35-17-19-3-4-19)13-20-14-21-7-10-31(9-2-11-32)26(21)23(15-20)27(29)33/h5-6,14-16,18-19,30,32H,2-4,7-13,17H2,1H3,(H2,29,33)/t18-/m1/s1. The number of aliphatic hydroxyl groups excluding tert-OH is 1. The number of carbonyl (C=O) groups excluding carboxylic acids is 1. The first-order valence-corrected chi connectivity index (χ1v) is 12.9. The Bertz CT molecular complexity index is 1030. The molecule has 2 aromatic rings. The van der Waals surface area contributed by atoms with Crippen molar-refractivity contribution >= 4 is 23.2 Å². The molecule has 1 fully saturated rings. The van der Waals surface area contributed by atoms with Crippen LogP contribution in [0, 0.1) is 5.92 Å². The lowest BCUT2D eigenvalue weighted by atomic mass is 9.98. The summed E-state index contributed by atoms with van der Waals surface area (Å²) in [6.45, 7) is 5.71. The number of nitrogens with one attached hydrogen (secondary N) is 1. The molecule has 0 spiro atoms. The minimum Gasteiger partial charge on any atom is -0.489 e. The van der Waals surface area contributed by atoms with Gasteiger partial charge in [0, 0.05) is 43.4 Å². The van der Waals surface area contributed by atoms with Gasteiger partial charge in [-0.1, -0.05) is 17.7 Å². The van der Waals surface area contributed by atoms with E-state index >= 15 is 0 Å². The Morgan fingerprint density at radius 1 is 1.26 bits per heavy atom. The van der Waals surface area contributed by atoms with E-state index in [2.05, 4.69) is 23.2 Å². The molecular weight excluding hydrogens is 466 g/mol. The Balaban J connectivity index is 1.29. The summed E-state index contributed by atoms with van der Waals surface area (Å²) >= 11 is 6.13. The lowest BCUT2D eigenvalue weighted by Crippen LogP contribution is -2.32. The largest absolute Gasteiger partial charge is 0.489 e. The first-order chi connectivity index (χ1) is 16.9. The van der Waals surface area contributed by atoms with Crippen molar-refractivity contribution < 1.29 is 19.4 Å². The monoisotopic (exact) mass is 501 g/mol. The quantitative estimate of drug-likeness (QED) is 0.342. The van der Waals surface area contributed by atoms with E-state index in [0.717, 1.165) is 42.7 Å². The average molecular weight is 502 g/mol. The van der Waals surface area contributed by atoms with Gasteiger partial charge in [-0.25, -0.2) is 0 Å². The zero-order valence-corrected chi connectivity index (χ0v) is 21.2. The van der Waals surface area contributed by atoms with Crippen molar-refractivity contribution in [3.8, 4) is 11.5 Å². The highest BCUT2D eigenvalue weighted by Gasteiger charge is 2.25. The number of fused-ring (bicyclic) bond motifs is 1. The number of amides is 1. The predicted octanol–water partition coefficient (Wildman–Crippen LogP) is 3.57. The van der Waals surface area contributed by atoms with Crippen LogP contribution in [0.25, 0.3) is 0 Å². The summed E-state index contributed by atoms with van der Waals surface area (Å²) in [6.07, 6.45) is 4.79. The van der Waals surface area contributed by atoms with Crippen LogP contribution < -0.4 is 25.4 Å². The minimum absolute atomic E-state index is 0.134. The number of ether oxygens (including phenoxy) is 2. The van der Waals surface area contributed by atoms with E-state index < -0.39 is 5.91 Å². The zero-order chi connectivity index (χ0) is 24.8. The molecule has 2 aliphatic rings. The number of anilines is 1. The summed E-state index contributed by atoms with van der Waals surface area (Å²) < 4.78 is 11.9. The summed E-state index contributed by atoms with van der Waals surface area (Å²) in [6, 6.07) is 9.78. The van der Waals surface area contributed by atoms with Crippen LogP contribution in [0.2, 0.25) is 5.02 Å². The molecule has 1 aliphatic carbocycles. The van der Waals surface area contributed by atoms with Gasteiger partial charge in [-0.05, 0) is 74.3 Å². The third-order valence-corrected chi connectivity index (χ3v) is 6.77. The van der Waals surface area contributed by atoms with Gasteiger partial charge < -0.3 is 30.5 Å². The number of primary amides is 1. The van der Waals surface area contributed by atoms with Gasteiger partial charge in [0.2, 0.25) is 0 Å². The van der Waals surface area contributed by atoms with Crippen molar-refractivity contribution in [2.75, 3.05) is 44.4 Å². The highest BCUT2D eigenvalue weighted by atomic mass is 35.5. The first-order valence-electron chi connectivity index (χ1n) is 12.5. The highest BCUT2D eigenvalue weighted by Crippen LogP contribution is 2.35. The Hall–Kier alpha value is -2.48. The highest BCUT2D eigenvalue weighted by molar-refractivity contribution is 6.30. The Kier molecular flexibility index (Phi) is 8.76. The molecule has 0 unspecified atom stereocenters. The molecule has 0 radical (unpaired) electrons. The number of nitrogens with two attached hydrogens (primary N) is 1. The van der Waals surface area contributed by atoms with E-state index in [1.165, 1.54) is 12.8 Å². The summed E-state index contributed by atoms with van der Waals surface area (Å²) in [5.74, 6) is 1.65. The number of halogens is 1. The zero-order valence-electron chi connectivity index (χ0n) is 20.4. The average Bonchev–Trinajstić information content (AvgIpc) is 3.58. The van der Waals surface area contributed by atoms with Crippen molar-refractivity contribution in [1.82, 2.24) is 5.32 Å². The molecule has 4 N–H and O–H groups in total. The molecule has 190 valence electrons. The van der Waals surface area contributed by atoms with Crippen LogP contribution in [-0.2, 0) is 12.8 Å². The molecule has 4 rings (SSSR count). The van der Waals surface area contributed by atoms with Crippen molar-refractivity contribution in [3.63, 3.8) is 0 Å². The molecule has 0 bridgehead atoms. The van der Waals surface area contributed by atoms with Crippen LogP contribution in [0.1, 0.15) is 47.7 Å². The van der Waals surface area contributed by atoms with E-state index in [9.17, 15) is 9.90 Å². The number of carbonyl (C=O) groups is 1. The summed E-state index contributed by atoms with van der Waals surface area (Å²) in [4.78, 5) is 14.4. The molecule has 2 aromatic carbocycles. The fourth-order valence-electron chi connectivity index (χ4n) is 4.58. The Labute approximate surface area is 212 Å². The maximum atomic E-state index is 12.2. The van der Waals surface area contributed by atoms with Gasteiger partial charge in [-0.15, -0.1) is 0 Å². The number of hydrogen-bond acceptors (Lipinski definition) is 6. The van der Waals surface area contributed by atoms with Crippen LogP contribution in [0.5, 0.6) is 11.5 Å². The van der Waals surface area contributed by atoms with Crippen molar-refractivity contribution in [3.05, 3.63) is 52.0 Å². The lowest BCUT2D eigenvalue weighted by molar-refractivity contribution is 0.100. The van der Waals surface area contributed by atoms with Gasteiger partial charge in [0.25, 0.3) is 5.91 Å². The van der Waals surface area contributed by atoms with Crippen LogP contribution in [0.15, 0.2) is 30.3 Å². The van der Waals surface area contributed by atoms with Crippen LogP contribution in [-0.4, -0.2) is 56.5 Å². The van der Waals surface area contributed by atoms with Crippen molar-refractivity contribution in [1.29, 1.82) is 0 Å². The van der Waals surface area contributed by atoms with Gasteiger partial charge in [-0.2, -0.15) is 0 Å². The molecule has 0 aromatic heterocycles. The maximum absolute atomic E-state index is 12.2. The molecule has 1 amide bonds. The molecule has 0 saturated heterocycles. The molecule has 8 heteroatoms. The van der Waals surface area contributed by atoms with Gasteiger partial charge >= 0.3 is 0 Å². The van der Waals surface area contributed by atoms with E-state index in [0.29, 0.717) is 54.2 Å². The maximum Gasteiger partial charge on any atom is 0.250 e. The second-order valence-corrected chi connectivity index (χ2v) is 10.0. The van der Waals surface area contributed by atoms with E-state index in [4.69, 9.17) is 26.8 Å². The van der Waals surface area contributed by atoms with Gasteiger partial charge in [-0.3, -0.25) is 4.79 Å².